The summed E-state index contributed by atoms with van der Waals surface area (Å²) in [6, 6.07) is 10.0. The van der Waals surface area contributed by atoms with E-state index in [0.29, 0.717) is 34.3 Å². The molecule has 0 aliphatic carbocycles. The lowest BCUT2D eigenvalue weighted by molar-refractivity contribution is -0.116. The first-order valence-corrected chi connectivity index (χ1v) is 9.61. The molecule has 1 aliphatic heterocycles. The molecule has 0 saturated heterocycles. The predicted molar refractivity (Wildman–Crippen MR) is 108 cm³/mol. The number of carbonyl (C=O) groups excluding carboxylic acids is 3. The van der Waals surface area contributed by atoms with E-state index in [1.165, 1.54) is 14.0 Å². The summed E-state index contributed by atoms with van der Waals surface area (Å²) in [6.07, 6.45) is -0.235. The highest BCUT2D eigenvalue weighted by molar-refractivity contribution is 9.10. The summed E-state index contributed by atoms with van der Waals surface area (Å²) in [4.78, 5) is 38.4. The average molecular weight is 446 g/mol. The largest absolute Gasteiger partial charge is 0.496 e. The highest BCUT2D eigenvalue weighted by Crippen LogP contribution is 2.30. The lowest BCUT2D eigenvalue weighted by Crippen LogP contribution is -2.26. The fourth-order valence-corrected chi connectivity index (χ4v) is 3.73. The van der Waals surface area contributed by atoms with E-state index in [-0.39, 0.29) is 11.7 Å². The monoisotopic (exact) mass is 445 g/mol. The summed E-state index contributed by atoms with van der Waals surface area (Å²) in [5, 5.41) is 0. The van der Waals surface area contributed by atoms with Crippen molar-refractivity contribution in [3.8, 4) is 5.75 Å². The van der Waals surface area contributed by atoms with Gasteiger partial charge in [-0.3, -0.25) is 9.59 Å². The van der Waals surface area contributed by atoms with Crippen molar-refractivity contribution in [3.05, 3.63) is 57.6 Å². The van der Waals surface area contributed by atoms with Crippen LogP contribution in [0, 0.1) is 0 Å². The van der Waals surface area contributed by atoms with Crippen LogP contribution in [0.15, 0.2) is 40.9 Å². The number of benzene rings is 2. The van der Waals surface area contributed by atoms with Crippen molar-refractivity contribution >= 4 is 39.3 Å². The van der Waals surface area contributed by atoms with Gasteiger partial charge in [0.25, 0.3) is 0 Å². The van der Waals surface area contributed by atoms with Gasteiger partial charge in [-0.1, -0.05) is 0 Å². The Bertz CT molecular complexity index is 956. The van der Waals surface area contributed by atoms with E-state index in [0.717, 1.165) is 11.3 Å². The molecular formula is C21H20BrNO5. The molecule has 1 heterocycles. The van der Waals surface area contributed by atoms with Gasteiger partial charge in [-0.2, -0.15) is 0 Å². The van der Waals surface area contributed by atoms with E-state index in [1.807, 2.05) is 0 Å². The molecule has 146 valence electrons. The maximum absolute atomic E-state index is 12.7. The van der Waals surface area contributed by atoms with E-state index in [2.05, 4.69) is 15.9 Å². The Balaban J connectivity index is 1.72. The molecule has 6 nitrogen and oxygen atoms in total. The minimum atomic E-state index is -0.934. The predicted octanol–water partition coefficient (Wildman–Crippen LogP) is 3.79. The second kappa shape index (κ2) is 8.14. The van der Waals surface area contributed by atoms with Crippen LogP contribution in [-0.4, -0.2) is 37.4 Å². The van der Waals surface area contributed by atoms with E-state index < -0.39 is 12.1 Å². The summed E-state index contributed by atoms with van der Waals surface area (Å²) in [5.41, 5.74) is 2.55. The molecule has 7 heteroatoms. The van der Waals surface area contributed by atoms with Gasteiger partial charge in [-0.15, -0.1) is 0 Å². The highest BCUT2D eigenvalue weighted by atomic mass is 79.9. The molecule has 3 rings (SSSR count). The second-order valence-electron chi connectivity index (χ2n) is 6.53. The Morgan fingerprint density at radius 2 is 1.82 bits per heavy atom. The van der Waals surface area contributed by atoms with Gasteiger partial charge < -0.3 is 14.4 Å². The van der Waals surface area contributed by atoms with Crippen molar-refractivity contribution < 1.29 is 23.9 Å². The molecule has 0 saturated carbocycles. The average Bonchev–Trinajstić information content (AvgIpc) is 3.10. The third-order valence-electron chi connectivity index (χ3n) is 4.68. The third kappa shape index (κ3) is 3.94. The number of amides is 1. The van der Waals surface area contributed by atoms with Gasteiger partial charge in [-0.25, -0.2) is 4.79 Å². The van der Waals surface area contributed by atoms with Crippen LogP contribution < -0.4 is 9.64 Å². The van der Waals surface area contributed by atoms with Gasteiger partial charge in [0.15, 0.2) is 6.10 Å². The van der Waals surface area contributed by atoms with Gasteiger partial charge >= 0.3 is 5.97 Å². The molecule has 2 aromatic carbocycles. The Morgan fingerprint density at radius 1 is 1.11 bits per heavy atom. The minimum Gasteiger partial charge on any atom is -0.496 e. The summed E-state index contributed by atoms with van der Waals surface area (Å²) in [5.74, 6) is -0.303. The number of ether oxygens (including phenoxy) is 2. The van der Waals surface area contributed by atoms with E-state index in [9.17, 15) is 14.4 Å². The maximum Gasteiger partial charge on any atom is 0.338 e. The van der Waals surface area contributed by atoms with Crippen LogP contribution in [0.5, 0.6) is 5.75 Å². The maximum atomic E-state index is 12.7. The molecular weight excluding hydrogens is 426 g/mol. The van der Waals surface area contributed by atoms with Crippen LogP contribution in [0.4, 0.5) is 5.69 Å². The van der Waals surface area contributed by atoms with Gasteiger partial charge in [0, 0.05) is 24.7 Å². The lowest BCUT2D eigenvalue weighted by Gasteiger charge is -2.16. The highest BCUT2D eigenvalue weighted by Gasteiger charge is 2.26. The topological polar surface area (TPSA) is 72.9 Å². The standard InChI is InChI=1S/C21H20BrNO5/c1-12(28-21(26)16-5-7-19(27-3)17(22)11-16)20(25)15-4-6-18-14(10-15)8-9-23(18)13(2)24/h4-7,10-12H,8-9H2,1-3H3. The molecule has 0 aromatic heterocycles. The molecule has 0 N–H and O–H groups in total. The van der Waals surface area contributed by atoms with Gasteiger partial charge in [0.2, 0.25) is 11.7 Å². The number of anilines is 1. The van der Waals surface area contributed by atoms with Crippen LogP contribution in [0.1, 0.15) is 40.1 Å². The van der Waals surface area contributed by atoms with E-state index in [4.69, 9.17) is 9.47 Å². The molecule has 0 radical (unpaired) electrons. The summed E-state index contributed by atoms with van der Waals surface area (Å²) >= 11 is 3.32. The number of esters is 1. The lowest BCUT2D eigenvalue weighted by atomic mass is 10.0. The summed E-state index contributed by atoms with van der Waals surface area (Å²) in [7, 11) is 1.53. The van der Waals surface area contributed by atoms with Crippen molar-refractivity contribution in [3.63, 3.8) is 0 Å². The van der Waals surface area contributed by atoms with E-state index in [1.54, 1.807) is 48.2 Å². The van der Waals surface area contributed by atoms with Crippen molar-refractivity contribution in [1.82, 2.24) is 0 Å². The van der Waals surface area contributed by atoms with Crippen molar-refractivity contribution in [2.75, 3.05) is 18.6 Å². The number of nitrogens with zero attached hydrogens (tertiary/aromatic N) is 1. The summed E-state index contributed by atoms with van der Waals surface area (Å²) < 4.78 is 11.1. The van der Waals surface area contributed by atoms with Crippen LogP contribution in [0.2, 0.25) is 0 Å². The number of hydrogen-bond donors (Lipinski definition) is 0. The molecule has 28 heavy (non-hydrogen) atoms. The number of hydrogen-bond acceptors (Lipinski definition) is 5. The number of ketones is 1. The Hall–Kier alpha value is -2.67. The third-order valence-corrected chi connectivity index (χ3v) is 5.30. The number of fused-ring (bicyclic) bond motifs is 1. The number of halogens is 1. The fourth-order valence-electron chi connectivity index (χ4n) is 3.19. The van der Waals surface area contributed by atoms with Crippen molar-refractivity contribution in [1.29, 1.82) is 0 Å². The number of carbonyl (C=O) groups is 3. The van der Waals surface area contributed by atoms with E-state index >= 15 is 0 Å². The number of Topliss-reactive ketones (excluding diaryl/α,β-unsaturated/α-hetero) is 1. The zero-order chi connectivity index (χ0) is 20.4. The Morgan fingerprint density at radius 3 is 2.46 bits per heavy atom. The normalized spacial score (nSPS) is 13.6. The van der Waals surface area contributed by atoms with Crippen LogP contribution in [0.25, 0.3) is 0 Å². The van der Waals surface area contributed by atoms with Gasteiger partial charge in [0.1, 0.15) is 5.75 Å². The van der Waals surface area contributed by atoms with Crippen LogP contribution >= 0.6 is 15.9 Å². The first-order chi connectivity index (χ1) is 13.3. The van der Waals surface area contributed by atoms with Crippen molar-refractivity contribution in [2.24, 2.45) is 0 Å². The SMILES string of the molecule is COc1ccc(C(=O)OC(C)C(=O)c2ccc3c(c2)CCN3C(C)=O)cc1Br. The van der Waals surface area contributed by atoms with Gasteiger partial charge in [-0.05, 0) is 71.2 Å². The molecule has 2 aromatic rings. The molecule has 1 unspecified atom stereocenters. The van der Waals surface area contributed by atoms with Crippen LogP contribution in [-0.2, 0) is 16.0 Å². The molecule has 0 spiro atoms. The fraction of sp³-hybridized carbons (Fsp3) is 0.286. The zero-order valence-electron chi connectivity index (χ0n) is 15.8. The number of rotatable bonds is 5. The molecule has 1 aliphatic rings. The molecule has 1 amide bonds. The molecule has 0 bridgehead atoms. The first kappa shape index (κ1) is 20.1. The minimum absolute atomic E-state index is 0.0224. The number of methoxy groups -OCH3 is 1. The Kier molecular flexibility index (Phi) is 5.84. The first-order valence-electron chi connectivity index (χ1n) is 8.81. The second-order valence-corrected chi connectivity index (χ2v) is 7.38. The van der Waals surface area contributed by atoms with Crippen molar-refractivity contribution in [2.45, 2.75) is 26.4 Å². The molecule has 0 fully saturated rings. The van der Waals surface area contributed by atoms with Crippen LogP contribution in [0.3, 0.4) is 0 Å². The van der Waals surface area contributed by atoms with Gasteiger partial charge in [0.05, 0.1) is 17.1 Å². The smallest absolute Gasteiger partial charge is 0.338 e. The molecule has 1 atom stereocenters. The summed E-state index contributed by atoms with van der Waals surface area (Å²) in [6.45, 7) is 3.68. The Labute approximate surface area is 171 Å². The quantitative estimate of drug-likeness (QED) is 0.516. The zero-order valence-corrected chi connectivity index (χ0v) is 17.4.